The van der Waals surface area contributed by atoms with Gasteiger partial charge in [0.15, 0.2) is 0 Å². The molecule has 1 aliphatic rings. The van der Waals surface area contributed by atoms with E-state index in [1.54, 1.807) is 23.7 Å². The van der Waals surface area contributed by atoms with E-state index in [9.17, 15) is 4.79 Å². The van der Waals surface area contributed by atoms with Crippen molar-refractivity contribution in [2.45, 2.75) is 60.0 Å². The lowest BCUT2D eigenvalue weighted by atomic mass is 9.72. The molecule has 4 rings (SSSR count). The van der Waals surface area contributed by atoms with E-state index in [-0.39, 0.29) is 12.1 Å². The van der Waals surface area contributed by atoms with Gasteiger partial charge in [0.2, 0.25) is 0 Å². The number of aromatic nitrogens is 2. The molecule has 1 aliphatic carbocycles. The molecule has 3 aromatic rings. The maximum atomic E-state index is 12.3. The molecule has 5 nitrogen and oxygen atoms in total. The largest absolute Gasteiger partial charge is 0.459 e. The number of anilines is 2. The minimum absolute atomic E-state index is 0.148. The van der Waals surface area contributed by atoms with Crippen LogP contribution in [0.15, 0.2) is 30.6 Å². The standard InChI is InChI=1S/C24H29N3O2S/c1-14(2)29-23(28)15-7-6-8-17(11-15)27-21-20-18-10-9-16(24(3,4)5)12-19(18)30-22(20)26-13-25-21/h6-8,11,13-14,16H,9-10,12H2,1-5H3,(H,25,26,27). The normalized spacial score (nSPS) is 16.5. The van der Waals surface area contributed by atoms with Crippen molar-refractivity contribution in [2.75, 3.05) is 5.32 Å². The monoisotopic (exact) mass is 423 g/mol. The second kappa shape index (κ2) is 7.99. The van der Waals surface area contributed by atoms with Crippen LogP contribution in [0.5, 0.6) is 0 Å². The molecule has 0 saturated carbocycles. The molecule has 0 amide bonds. The Labute approximate surface area is 181 Å². The first-order chi connectivity index (χ1) is 14.2. The van der Waals surface area contributed by atoms with Crippen molar-refractivity contribution < 1.29 is 9.53 Å². The Bertz CT molecular complexity index is 1080. The summed E-state index contributed by atoms with van der Waals surface area (Å²) in [5.41, 5.74) is 3.04. The van der Waals surface area contributed by atoms with E-state index in [2.05, 4.69) is 36.1 Å². The van der Waals surface area contributed by atoms with E-state index in [1.165, 1.54) is 16.9 Å². The van der Waals surface area contributed by atoms with Crippen LogP contribution in [0.25, 0.3) is 10.2 Å². The van der Waals surface area contributed by atoms with Gasteiger partial charge in [-0.15, -0.1) is 11.3 Å². The fraction of sp³-hybridized carbons (Fsp3) is 0.458. The van der Waals surface area contributed by atoms with Crippen LogP contribution < -0.4 is 5.32 Å². The molecular weight excluding hydrogens is 394 g/mol. The predicted molar refractivity (Wildman–Crippen MR) is 123 cm³/mol. The molecule has 0 saturated heterocycles. The van der Waals surface area contributed by atoms with E-state index in [1.807, 2.05) is 32.0 Å². The molecule has 1 aromatic carbocycles. The van der Waals surface area contributed by atoms with Gasteiger partial charge in [-0.05, 0) is 68.2 Å². The van der Waals surface area contributed by atoms with Gasteiger partial charge in [-0.1, -0.05) is 26.8 Å². The van der Waals surface area contributed by atoms with E-state index < -0.39 is 0 Å². The van der Waals surface area contributed by atoms with Gasteiger partial charge in [0, 0.05) is 10.6 Å². The zero-order valence-corrected chi connectivity index (χ0v) is 19.1. The molecule has 6 heteroatoms. The number of aryl methyl sites for hydroxylation is 1. The molecule has 0 bridgehead atoms. The van der Waals surface area contributed by atoms with Gasteiger partial charge in [0.25, 0.3) is 0 Å². The number of esters is 1. The molecule has 0 aliphatic heterocycles. The van der Waals surface area contributed by atoms with Crippen LogP contribution in [0, 0.1) is 11.3 Å². The van der Waals surface area contributed by atoms with Gasteiger partial charge in [-0.25, -0.2) is 14.8 Å². The summed E-state index contributed by atoms with van der Waals surface area (Å²) in [5, 5.41) is 4.55. The van der Waals surface area contributed by atoms with Crippen LogP contribution in [-0.2, 0) is 17.6 Å². The molecular formula is C24H29N3O2S. The third-order valence-electron chi connectivity index (χ3n) is 5.77. The molecule has 2 heterocycles. The number of hydrogen-bond acceptors (Lipinski definition) is 6. The Balaban J connectivity index is 1.65. The molecule has 1 unspecified atom stereocenters. The topological polar surface area (TPSA) is 64.1 Å². The Hall–Kier alpha value is -2.47. The number of thiophene rings is 1. The van der Waals surface area contributed by atoms with E-state index >= 15 is 0 Å². The first-order valence-corrected chi connectivity index (χ1v) is 11.4. The van der Waals surface area contributed by atoms with Crippen LogP contribution in [0.2, 0.25) is 0 Å². The molecule has 0 radical (unpaired) electrons. The van der Waals surface area contributed by atoms with Crippen molar-refractivity contribution in [1.82, 2.24) is 9.97 Å². The SMILES string of the molecule is CC(C)OC(=O)c1cccc(Nc2ncnc3sc4c(c23)CCC(C(C)(C)C)C4)c1. The fourth-order valence-corrected chi connectivity index (χ4v) is 5.35. The second-order valence-electron chi connectivity index (χ2n) is 9.37. The minimum atomic E-state index is -0.317. The summed E-state index contributed by atoms with van der Waals surface area (Å²) in [7, 11) is 0. The molecule has 2 aromatic heterocycles. The predicted octanol–water partition coefficient (Wildman–Crippen LogP) is 6.15. The van der Waals surface area contributed by atoms with Gasteiger partial charge in [-0.3, -0.25) is 0 Å². The van der Waals surface area contributed by atoms with Crippen LogP contribution >= 0.6 is 11.3 Å². The van der Waals surface area contributed by atoms with Crippen LogP contribution in [-0.4, -0.2) is 22.0 Å². The number of ether oxygens (including phenoxy) is 1. The fourth-order valence-electron chi connectivity index (χ4n) is 4.09. The lowest BCUT2D eigenvalue weighted by Gasteiger charge is -2.33. The lowest BCUT2D eigenvalue weighted by Crippen LogP contribution is -2.26. The Morgan fingerprint density at radius 2 is 2.07 bits per heavy atom. The quantitative estimate of drug-likeness (QED) is 0.510. The average molecular weight is 424 g/mol. The summed E-state index contributed by atoms with van der Waals surface area (Å²) in [6.07, 6.45) is 4.82. The summed E-state index contributed by atoms with van der Waals surface area (Å²) < 4.78 is 5.32. The summed E-state index contributed by atoms with van der Waals surface area (Å²) in [4.78, 5) is 23.8. The average Bonchev–Trinajstić information content (AvgIpc) is 3.06. The van der Waals surface area contributed by atoms with Crippen LogP contribution in [0.3, 0.4) is 0 Å². The number of nitrogens with zero attached hydrogens (tertiary/aromatic N) is 2. The van der Waals surface area contributed by atoms with Gasteiger partial charge < -0.3 is 10.1 Å². The first kappa shape index (κ1) is 20.8. The summed E-state index contributed by atoms with van der Waals surface area (Å²) >= 11 is 1.79. The number of rotatable bonds is 4. The Kier molecular flexibility index (Phi) is 5.53. The van der Waals surface area contributed by atoms with E-state index in [0.717, 1.165) is 34.6 Å². The minimum Gasteiger partial charge on any atom is -0.459 e. The summed E-state index contributed by atoms with van der Waals surface area (Å²) in [5.74, 6) is 1.18. The number of carbonyl (C=O) groups is 1. The molecule has 0 spiro atoms. The van der Waals surface area contributed by atoms with Crippen molar-refractivity contribution in [1.29, 1.82) is 0 Å². The van der Waals surface area contributed by atoms with Crippen molar-refractivity contribution in [3.05, 3.63) is 46.6 Å². The molecule has 30 heavy (non-hydrogen) atoms. The number of hydrogen-bond donors (Lipinski definition) is 1. The van der Waals surface area contributed by atoms with Crippen LogP contribution in [0.4, 0.5) is 11.5 Å². The van der Waals surface area contributed by atoms with Crippen molar-refractivity contribution in [3.63, 3.8) is 0 Å². The zero-order valence-electron chi connectivity index (χ0n) is 18.3. The number of nitrogens with one attached hydrogen (secondary N) is 1. The Morgan fingerprint density at radius 3 is 2.80 bits per heavy atom. The molecule has 0 fully saturated rings. The van der Waals surface area contributed by atoms with Crippen molar-refractivity contribution in [3.8, 4) is 0 Å². The van der Waals surface area contributed by atoms with Crippen LogP contribution in [0.1, 0.15) is 61.8 Å². The third kappa shape index (κ3) is 4.19. The maximum absolute atomic E-state index is 12.3. The number of carbonyl (C=O) groups excluding carboxylic acids is 1. The molecule has 158 valence electrons. The highest BCUT2D eigenvalue weighted by Crippen LogP contribution is 2.44. The number of benzene rings is 1. The van der Waals surface area contributed by atoms with Gasteiger partial charge in [-0.2, -0.15) is 0 Å². The molecule has 1 N–H and O–H groups in total. The summed E-state index contributed by atoms with van der Waals surface area (Å²) in [6, 6.07) is 7.38. The summed E-state index contributed by atoms with van der Waals surface area (Å²) in [6.45, 7) is 10.7. The highest BCUT2D eigenvalue weighted by atomic mass is 32.1. The van der Waals surface area contributed by atoms with E-state index in [4.69, 9.17) is 4.74 Å². The highest BCUT2D eigenvalue weighted by molar-refractivity contribution is 7.19. The molecule has 1 atom stereocenters. The number of fused-ring (bicyclic) bond motifs is 3. The zero-order chi connectivity index (χ0) is 21.5. The Morgan fingerprint density at radius 1 is 1.27 bits per heavy atom. The third-order valence-corrected chi connectivity index (χ3v) is 6.94. The second-order valence-corrected chi connectivity index (χ2v) is 10.5. The lowest BCUT2D eigenvalue weighted by molar-refractivity contribution is 0.0378. The van der Waals surface area contributed by atoms with Gasteiger partial charge >= 0.3 is 5.97 Å². The van der Waals surface area contributed by atoms with Crippen molar-refractivity contribution in [2.24, 2.45) is 11.3 Å². The van der Waals surface area contributed by atoms with E-state index in [0.29, 0.717) is 16.9 Å². The van der Waals surface area contributed by atoms with Gasteiger partial charge in [0.1, 0.15) is 17.0 Å². The van der Waals surface area contributed by atoms with Crippen molar-refractivity contribution >= 4 is 39.0 Å². The highest BCUT2D eigenvalue weighted by Gasteiger charge is 2.31. The smallest absolute Gasteiger partial charge is 0.338 e. The maximum Gasteiger partial charge on any atom is 0.338 e. The first-order valence-electron chi connectivity index (χ1n) is 10.6. The van der Waals surface area contributed by atoms with Gasteiger partial charge in [0.05, 0.1) is 17.1 Å².